The Morgan fingerprint density at radius 2 is 1.61 bits per heavy atom. The molecule has 0 saturated carbocycles. The third-order valence-electron chi connectivity index (χ3n) is 13.0. The summed E-state index contributed by atoms with van der Waals surface area (Å²) < 4.78 is 38.3. The smallest absolute Gasteiger partial charge is 0.311 e. The summed E-state index contributed by atoms with van der Waals surface area (Å²) in [7, 11) is 5.31. The summed E-state index contributed by atoms with van der Waals surface area (Å²) >= 11 is 0. The molecule has 3 aliphatic rings. The second kappa shape index (κ2) is 20.0. The van der Waals surface area contributed by atoms with E-state index in [1.54, 1.807) is 34.6 Å². The quantitative estimate of drug-likeness (QED) is 0.118. The number of aliphatic hydroxyl groups excluding tert-OH is 2. The summed E-state index contributed by atoms with van der Waals surface area (Å²) in [6.45, 7) is 20.9. The van der Waals surface area contributed by atoms with Crippen LogP contribution < -0.4 is 10.6 Å². The molecule has 3 rings (SSSR count). The maximum Gasteiger partial charge on any atom is 0.311 e. The van der Waals surface area contributed by atoms with Gasteiger partial charge in [-0.25, -0.2) is 0 Å². The van der Waals surface area contributed by atoms with Gasteiger partial charge in [0, 0.05) is 38.1 Å². The predicted molar refractivity (Wildman–Crippen MR) is 212 cm³/mol. The lowest BCUT2D eigenvalue weighted by Crippen LogP contribution is -2.70. The van der Waals surface area contributed by atoms with E-state index in [0.717, 1.165) is 6.42 Å². The van der Waals surface area contributed by atoms with E-state index < -0.39 is 95.5 Å². The molecule has 0 aromatic heterocycles. The number of carbonyl (C=O) groups excluding carboxylic acids is 1. The van der Waals surface area contributed by atoms with Gasteiger partial charge in [0.1, 0.15) is 35.1 Å². The molecule has 0 unspecified atom stereocenters. The van der Waals surface area contributed by atoms with Crippen molar-refractivity contribution in [2.75, 3.05) is 40.8 Å². The molecule has 56 heavy (non-hydrogen) atoms. The molecule has 15 heteroatoms. The van der Waals surface area contributed by atoms with Crippen LogP contribution in [-0.4, -0.2) is 167 Å². The lowest BCUT2D eigenvalue weighted by molar-refractivity contribution is -0.336. The van der Waals surface area contributed by atoms with Gasteiger partial charge in [-0.05, 0) is 107 Å². The van der Waals surface area contributed by atoms with Gasteiger partial charge in [0.25, 0.3) is 0 Å². The van der Waals surface area contributed by atoms with Gasteiger partial charge >= 0.3 is 5.97 Å². The van der Waals surface area contributed by atoms with E-state index in [4.69, 9.17) is 28.4 Å². The van der Waals surface area contributed by atoms with E-state index >= 15 is 0 Å². The van der Waals surface area contributed by atoms with Gasteiger partial charge in [0.05, 0.1) is 35.9 Å². The number of hydrogen-bond acceptors (Lipinski definition) is 15. The van der Waals surface area contributed by atoms with Gasteiger partial charge in [0.15, 0.2) is 12.6 Å². The van der Waals surface area contributed by atoms with Crippen molar-refractivity contribution >= 4 is 5.97 Å². The molecule has 0 aliphatic carbocycles. The summed E-state index contributed by atoms with van der Waals surface area (Å²) in [4.78, 5) is 16.2. The number of ether oxygens (including phenoxy) is 6. The first-order valence-corrected chi connectivity index (χ1v) is 20.9. The number of methoxy groups -OCH3 is 1. The number of cyclic esters (lactones) is 1. The molecule has 0 aromatic rings. The molecule has 18 atom stereocenters. The molecular formula is C41H79N3O12. The number of likely N-dealkylation sites (N-methyl/N-ethyl adjacent to an activating group) is 1. The molecule has 330 valence electrons. The topological polar surface area (TPSA) is 201 Å². The number of nitrogens with zero attached hydrogens (tertiary/aromatic N) is 1. The Balaban J connectivity index is 2.16. The zero-order chi connectivity index (χ0) is 42.6. The average molecular weight is 806 g/mol. The van der Waals surface area contributed by atoms with E-state index in [1.807, 2.05) is 53.6 Å². The largest absolute Gasteiger partial charge is 0.459 e. The lowest BCUT2D eigenvalue weighted by Gasteiger charge is -2.53. The summed E-state index contributed by atoms with van der Waals surface area (Å²) in [5, 5.41) is 65.8. The van der Waals surface area contributed by atoms with Crippen LogP contribution in [0.15, 0.2) is 0 Å². The SMILES string of the molecule is CCCNC[C@]1(O)[C@H](C)O[C@H](O[C@H]2[C@@H](C)[C@@H](O[C@@H]3O[C@H](C)C[C@H](N(C)C)[C@@H]3O)[C@@](C)(O)C[C@@H](C)CN[C@@H](C)[C@@H](O)[C@@](C)(O)[C@@H](CC)OC(=O)[C@H]2C)C[C@@]1(C)OC. The number of nitrogens with one attached hydrogen (secondary N) is 2. The van der Waals surface area contributed by atoms with Crippen LogP contribution in [0.25, 0.3) is 0 Å². The summed E-state index contributed by atoms with van der Waals surface area (Å²) in [6.07, 6.45) is -6.71. The Kier molecular flexibility index (Phi) is 17.6. The number of esters is 1. The first kappa shape index (κ1) is 49.3. The molecule has 0 radical (unpaired) electrons. The molecule has 3 fully saturated rings. The van der Waals surface area contributed by atoms with Crippen molar-refractivity contribution in [2.45, 2.75) is 198 Å². The van der Waals surface area contributed by atoms with Gasteiger partial charge in [-0.15, -0.1) is 0 Å². The molecule has 7 N–H and O–H groups in total. The van der Waals surface area contributed by atoms with Crippen LogP contribution in [-0.2, 0) is 33.2 Å². The monoisotopic (exact) mass is 806 g/mol. The first-order chi connectivity index (χ1) is 25.9. The Hall–Kier alpha value is -1.05. The minimum absolute atomic E-state index is 0.0939. The normalized spacial score (nSPS) is 47.9. The fraction of sp³-hybridized carbons (Fsp3) is 0.976. The summed E-state index contributed by atoms with van der Waals surface area (Å²) in [5.41, 5.74) is -5.95. The van der Waals surface area contributed by atoms with Crippen LogP contribution in [0.5, 0.6) is 0 Å². The van der Waals surface area contributed by atoms with Crippen molar-refractivity contribution < 1.29 is 58.7 Å². The Morgan fingerprint density at radius 3 is 2.18 bits per heavy atom. The molecule has 0 amide bonds. The lowest BCUT2D eigenvalue weighted by atomic mass is 9.75. The second-order valence-electron chi connectivity index (χ2n) is 18.2. The number of rotatable bonds is 11. The van der Waals surface area contributed by atoms with Gasteiger partial charge in [-0.2, -0.15) is 0 Å². The number of hydrogen-bond donors (Lipinski definition) is 7. The van der Waals surface area contributed by atoms with Crippen LogP contribution >= 0.6 is 0 Å². The fourth-order valence-electron chi connectivity index (χ4n) is 9.21. The van der Waals surface area contributed by atoms with Crippen molar-refractivity contribution in [1.29, 1.82) is 0 Å². The molecule has 3 aliphatic heterocycles. The van der Waals surface area contributed by atoms with Gasteiger partial charge in [-0.3, -0.25) is 4.79 Å². The van der Waals surface area contributed by atoms with E-state index in [9.17, 15) is 30.3 Å². The van der Waals surface area contributed by atoms with Crippen LogP contribution in [0, 0.1) is 17.8 Å². The van der Waals surface area contributed by atoms with Gasteiger partial charge in [0.2, 0.25) is 0 Å². The minimum Gasteiger partial charge on any atom is -0.459 e. The third-order valence-corrected chi connectivity index (χ3v) is 13.0. The highest BCUT2D eigenvalue weighted by atomic mass is 16.7. The maximum absolute atomic E-state index is 14.3. The standard InChI is InChI=1S/C41H79N3O12/c1-15-17-42-22-41(50)28(8)53-31(20-39(41,10)51-14)55-33-25(5)35(56-37-32(45)29(44(12)13)18-24(4)52-37)38(9,48)19-23(3)21-43-27(7)34(46)40(11,49)30(16-2)54-36(47)26(33)6/h23-35,37,42-43,45-46,48-50H,15-22H2,1-14H3/t23-,24-,25-,26+,27+,28+,29+,30-,31-,32+,33+,34-,35-,37+,38+,39-,40+,41+/m1/s1. The Bertz CT molecular complexity index is 1230. The highest BCUT2D eigenvalue weighted by Crippen LogP contribution is 2.43. The molecule has 3 saturated heterocycles. The molecule has 0 aromatic carbocycles. The van der Waals surface area contributed by atoms with E-state index in [-0.39, 0.29) is 43.9 Å². The number of carbonyl (C=O) groups is 1. The van der Waals surface area contributed by atoms with Crippen molar-refractivity contribution in [3.63, 3.8) is 0 Å². The van der Waals surface area contributed by atoms with Crippen LogP contribution in [0.4, 0.5) is 0 Å². The van der Waals surface area contributed by atoms with E-state index in [2.05, 4.69) is 10.6 Å². The predicted octanol–water partition coefficient (Wildman–Crippen LogP) is 1.93. The maximum atomic E-state index is 14.3. The van der Waals surface area contributed by atoms with Crippen molar-refractivity contribution in [1.82, 2.24) is 15.5 Å². The van der Waals surface area contributed by atoms with Gasteiger partial charge < -0.3 is 69.5 Å². The van der Waals surface area contributed by atoms with Crippen molar-refractivity contribution in [3.05, 3.63) is 0 Å². The summed E-state index contributed by atoms with van der Waals surface area (Å²) in [5.74, 6) is -2.66. The molecule has 0 bridgehead atoms. The molecule has 0 spiro atoms. The highest BCUT2D eigenvalue weighted by Gasteiger charge is 2.58. The third kappa shape index (κ3) is 11.0. The Labute approximate surface area is 336 Å². The summed E-state index contributed by atoms with van der Waals surface area (Å²) in [6, 6.07) is -0.877. The number of aliphatic hydroxyl groups is 5. The highest BCUT2D eigenvalue weighted by molar-refractivity contribution is 5.73. The van der Waals surface area contributed by atoms with E-state index in [1.165, 1.54) is 14.0 Å². The van der Waals surface area contributed by atoms with E-state index in [0.29, 0.717) is 19.5 Å². The average Bonchev–Trinajstić information content (AvgIpc) is 3.12. The molecular weight excluding hydrogens is 726 g/mol. The van der Waals surface area contributed by atoms with Gasteiger partial charge in [-0.1, -0.05) is 27.7 Å². The zero-order valence-corrected chi connectivity index (χ0v) is 36.8. The fourth-order valence-corrected chi connectivity index (χ4v) is 9.21. The van der Waals surface area contributed by atoms with Crippen molar-refractivity contribution in [3.8, 4) is 0 Å². The Morgan fingerprint density at radius 1 is 0.964 bits per heavy atom. The first-order valence-electron chi connectivity index (χ1n) is 20.9. The van der Waals surface area contributed by atoms with Crippen LogP contribution in [0.3, 0.4) is 0 Å². The zero-order valence-electron chi connectivity index (χ0n) is 36.8. The van der Waals surface area contributed by atoms with Crippen LogP contribution in [0.1, 0.15) is 108 Å². The molecule has 15 nitrogen and oxygen atoms in total. The molecule has 3 heterocycles. The van der Waals surface area contributed by atoms with Crippen LogP contribution in [0.2, 0.25) is 0 Å². The van der Waals surface area contributed by atoms with Crippen molar-refractivity contribution in [2.24, 2.45) is 17.8 Å². The minimum atomic E-state index is -1.81. The second-order valence-corrected chi connectivity index (χ2v) is 18.2.